The molecular weight excluding hydrogens is 198 g/mol. The van der Waals surface area contributed by atoms with E-state index in [1.165, 1.54) is 70.6 Å². The standard InChI is InChI=1S/C14H31NO/c1-2-3-4-5-6-7-8-9-10-11-12-13-14-15-16/h2-15H2,1H3. The summed E-state index contributed by atoms with van der Waals surface area (Å²) in [4.78, 5) is 0. The average Bonchev–Trinajstić information content (AvgIpc) is 2.31. The molecule has 0 saturated heterocycles. The summed E-state index contributed by atoms with van der Waals surface area (Å²) in [6, 6.07) is 0. The van der Waals surface area contributed by atoms with Crippen LogP contribution in [0.15, 0.2) is 0 Å². The second kappa shape index (κ2) is 14.9. The van der Waals surface area contributed by atoms with E-state index in [0.717, 1.165) is 18.4 Å². The van der Waals surface area contributed by atoms with Gasteiger partial charge in [-0.15, -0.1) is 0 Å². The number of hydrogen-bond donors (Lipinski definition) is 1. The lowest BCUT2D eigenvalue weighted by molar-refractivity contribution is -0.589. The molecule has 2 nitrogen and oxygen atoms in total. The lowest BCUT2D eigenvalue weighted by Crippen LogP contribution is -2.77. The average molecular weight is 229 g/mol. The fraction of sp³-hybridized carbons (Fsp3) is 1.00. The van der Waals surface area contributed by atoms with E-state index < -0.39 is 0 Å². The first-order valence-corrected chi connectivity index (χ1v) is 7.35. The van der Waals surface area contributed by atoms with Crippen LogP contribution < -0.4 is 5.48 Å². The Morgan fingerprint density at radius 1 is 0.625 bits per heavy atom. The van der Waals surface area contributed by atoms with Gasteiger partial charge in [-0.3, -0.25) is 0 Å². The Kier molecular flexibility index (Phi) is 14.8. The minimum absolute atomic E-state index is 0.761. The number of rotatable bonds is 13. The maximum Gasteiger partial charge on any atom is 0.0752 e. The van der Waals surface area contributed by atoms with E-state index in [4.69, 9.17) is 0 Å². The molecule has 0 aliphatic carbocycles. The number of hydroxylamine groups is 1. The molecule has 2 heteroatoms. The molecule has 0 spiro atoms. The predicted octanol–water partition coefficient (Wildman–Crippen LogP) is 3.75. The second-order valence-electron chi connectivity index (χ2n) is 4.84. The van der Waals surface area contributed by atoms with Gasteiger partial charge in [-0.05, 0) is 12.8 Å². The first kappa shape index (κ1) is 15.9. The molecule has 16 heavy (non-hydrogen) atoms. The van der Waals surface area contributed by atoms with E-state index in [1.807, 2.05) is 0 Å². The largest absolute Gasteiger partial charge is 0.636 e. The monoisotopic (exact) mass is 229 g/mol. The molecule has 0 aromatic rings. The van der Waals surface area contributed by atoms with Crippen LogP contribution in [-0.4, -0.2) is 6.54 Å². The van der Waals surface area contributed by atoms with Gasteiger partial charge in [0.1, 0.15) is 0 Å². The number of quaternary nitrogens is 1. The SMILES string of the molecule is CCCCCCCCCCCCCC[NH2+][O-]. The third kappa shape index (κ3) is 13.9. The van der Waals surface area contributed by atoms with Gasteiger partial charge in [-0.2, -0.15) is 0 Å². The smallest absolute Gasteiger partial charge is 0.0752 e. The molecule has 98 valence electrons. The molecule has 0 radical (unpaired) electrons. The highest BCUT2D eigenvalue weighted by Crippen LogP contribution is 2.11. The molecule has 0 rings (SSSR count). The zero-order valence-electron chi connectivity index (χ0n) is 11.2. The minimum atomic E-state index is 0.761. The highest BCUT2D eigenvalue weighted by atomic mass is 16.5. The molecule has 0 amide bonds. The van der Waals surface area contributed by atoms with Crippen LogP contribution in [0.4, 0.5) is 0 Å². The summed E-state index contributed by atoms with van der Waals surface area (Å²) in [7, 11) is 0. The lowest BCUT2D eigenvalue weighted by Gasteiger charge is -2.03. The maximum atomic E-state index is 10.1. The normalized spacial score (nSPS) is 10.9. The van der Waals surface area contributed by atoms with Crippen LogP contribution in [0.1, 0.15) is 84.0 Å². The Morgan fingerprint density at radius 2 is 1.00 bits per heavy atom. The Balaban J connectivity index is 2.83. The molecule has 0 saturated carbocycles. The van der Waals surface area contributed by atoms with E-state index in [2.05, 4.69) is 6.92 Å². The van der Waals surface area contributed by atoms with E-state index in [-0.39, 0.29) is 0 Å². The molecule has 0 aromatic heterocycles. The molecule has 0 aliphatic rings. The molecule has 0 bridgehead atoms. The zero-order chi connectivity index (χ0) is 11.9. The van der Waals surface area contributed by atoms with Gasteiger partial charge in [-0.25, -0.2) is 0 Å². The van der Waals surface area contributed by atoms with E-state index >= 15 is 0 Å². The summed E-state index contributed by atoms with van der Waals surface area (Å²) in [5.41, 5.74) is 1.04. The first-order valence-electron chi connectivity index (χ1n) is 7.35. The van der Waals surface area contributed by atoms with Gasteiger partial charge in [0.25, 0.3) is 0 Å². The Hall–Kier alpha value is -0.0800. The van der Waals surface area contributed by atoms with Gasteiger partial charge in [0.2, 0.25) is 0 Å². The summed E-state index contributed by atoms with van der Waals surface area (Å²) in [6.07, 6.45) is 16.3. The van der Waals surface area contributed by atoms with Crippen molar-refractivity contribution in [3.63, 3.8) is 0 Å². The summed E-state index contributed by atoms with van der Waals surface area (Å²) in [5.74, 6) is 0. The molecule has 0 aromatic carbocycles. The maximum absolute atomic E-state index is 10.1. The highest BCUT2D eigenvalue weighted by molar-refractivity contribution is 4.48. The predicted molar refractivity (Wildman–Crippen MR) is 71.2 cm³/mol. The summed E-state index contributed by atoms with van der Waals surface area (Å²) >= 11 is 0. The molecule has 0 atom stereocenters. The number of unbranched alkanes of at least 4 members (excludes halogenated alkanes) is 11. The number of hydrogen-bond acceptors (Lipinski definition) is 1. The van der Waals surface area contributed by atoms with Crippen LogP contribution in [0.2, 0.25) is 0 Å². The molecule has 2 N–H and O–H groups in total. The molecule has 0 heterocycles. The van der Waals surface area contributed by atoms with Crippen LogP contribution in [-0.2, 0) is 0 Å². The third-order valence-electron chi connectivity index (χ3n) is 3.18. The van der Waals surface area contributed by atoms with Crippen molar-refractivity contribution in [2.24, 2.45) is 0 Å². The van der Waals surface area contributed by atoms with E-state index in [9.17, 15) is 5.21 Å². The molecule has 0 aliphatic heterocycles. The van der Waals surface area contributed by atoms with Crippen molar-refractivity contribution in [3.8, 4) is 0 Å². The summed E-state index contributed by atoms with van der Waals surface area (Å²) in [6.45, 7) is 3.03. The summed E-state index contributed by atoms with van der Waals surface area (Å²) in [5, 5.41) is 10.1. The topological polar surface area (TPSA) is 39.7 Å². The van der Waals surface area contributed by atoms with Crippen molar-refractivity contribution in [2.45, 2.75) is 84.0 Å². The van der Waals surface area contributed by atoms with Crippen LogP contribution in [0.25, 0.3) is 0 Å². The molecular formula is C14H31NO. The van der Waals surface area contributed by atoms with Crippen molar-refractivity contribution in [3.05, 3.63) is 5.21 Å². The van der Waals surface area contributed by atoms with Crippen molar-refractivity contribution in [2.75, 3.05) is 6.54 Å². The van der Waals surface area contributed by atoms with Crippen LogP contribution in [0.5, 0.6) is 0 Å². The van der Waals surface area contributed by atoms with Crippen LogP contribution in [0.3, 0.4) is 0 Å². The summed E-state index contributed by atoms with van der Waals surface area (Å²) < 4.78 is 0. The van der Waals surface area contributed by atoms with Crippen LogP contribution >= 0.6 is 0 Å². The van der Waals surface area contributed by atoms with Gasteiger partial charge in [0.05, 0.1) is 6.54 Å². The Morgan fingerprint density at radius 3 is 1.38 bits per heavy atom. The van der Waals surface area contributed by atoms with Gasteiger partial charge in [0.15, 0.2) is 0 Å². The van der Waals surface area contributed by atoms with Gasteiger partial charge in [0, 0.05) is 0 Å². The Labute approximate surface area is 102 Å². The fourth-order valence-corrected chi connectivity index (χ4v) is 2.07. The van der Waals surface area contributed by atoms with E-state index in [1.54, 1.807) is 0 Å². The molecule has 0 fully saturated rings. The van der Waals surface area contributed by atoms with Gasteiger partial charge < -0.3 is 10.7 Å². The van der Waals surface area contributed by atoms with Gasteiger partial charge >= 0.3 is 0 Å². The number of nitrogens with two attached hydrogens (primary N) is 1. The first-order chi connectivity index (χ1) is 7.91. The van der Waals surface area contributed by atoms with Crippen molar-refractivity contribution >= 4 is 0 Å². The van der Waals surface area contributed by atoms with Crippen molar-refractivity contribution < 1.29 is 5.48 Å². The quantitative estimate of drug-likeness (QED) is 0.379. The highest BCUT2D eigenvalue weighted by Gasteiger charge is 1.93. The van der Waals surface area contributed by atoms with Crippen molar-refractivity contribution in [1.82, 2.24) is 0 Å². The lowest BCUT2D eigenvalue weighted by atomic mass is 10.1. The van der Waals surface area contributed by atoms with E-state index in [0.29, 0.717) is 0 Å². The third-order valence-corrected chi connectivity index (χ3v) is 3.18. The van der Waals surface area contributed by atoms with Crippen LogP contribution in [0, 0.1) is 5.21 Å². The Bertz CT molecular complexity index is 103. The fourth-order valence-electron chi connectivity index (χ4n) is 2.07. The minimum Gasteiger partial charge on any atom is -0.636 e. The van der Waals surface area contributed by atoms with Gasteiger partial charge in [-0.1, -0.05) is 71.1 Å². The molecule has 0 unspecified atom stereocenters. The second-order valence-corrected chi connectivity index (χ2v) is 4.84. The zero-order valence-corrected chi connectivity index (χ0v) is 11.2. The van der Waals surface area contributed by atoms with Crippen molar-refractivity contribution in [1.29, 1.82) is 0 Å².